The lowest BCUT2D eigenvalue weighted by molar-refractivity contribution is -0.152. The van der Waals surface area contributed by atoms with E-state index < -0.39 is 34.7 Å². The van der Waals surface area contributed by atoms with Crippen molar-refractivity contribution in [2.75, 3.05) is 12.4 Å². The molecule has 132 valence electrons. The standard InChI is InChI=1S/C15H20N2O6S/c1-7(18)23-5-8-6-24-12-9(16-14(22)15(2,3)4)11(19)17(12)10(8)13(20)21/h9,12H,5-6H2,1-4H3,(H,16,22)(H,20,21)/t9-,12-/m1/s1. The number of rotatable bonds is 4. The van der Waals surface area contributed by atoms with Gasteiger partial charge in [-0.1, -0.05) is 20.8 Å². The maximum absolute atomic E-state index is 12.3. The van der Waals surface area contributed by atoms with Crippen LogP contribution in [0.4, 0.5) is 0 Å². The van der Waals surface area contributed by atoms with E-state index in [1.165, 1.54) is 18.7 Å². The number of carbonyl (C=O) groups is 4. The second-order valence-corrected chi connectivity index (χ2v) is 7.75. The quantitative estimate of drug-likeness (QED) is 0.551. The SMILES string of the molecule is CC(=O)OCC1=C(C(=O)O)N2C(=O)[C@@H](NC(=O)C(C)(C)C)[C@H]2SC1. The van der Waals surface area contributed by atoms with E-state index in [4.69, 9.17) is 4.74 Å². The number of ether oxygens (including phenoxy) is 1. The van der Waals surface area contributed by atoms with Gasteiger partial charge in [0.2, 0.25) is 5.91 Å². The van der Waals surface area contributed by atoms with Crippen LogP contribution in [0.25, 0.3) is 0 Å². The van der Waals surface area contributed by atoms with Crippen LogP contribution < -0.4 is 5.32 Å². The summed E-state index contributed by atoms with van der Waals surface area (Å²) in [5, 5.41) is 11.6. The van der Waals surface area contributed by atoms with E-state index in [-0.39, 0.29) is 18.2 Å². The summed E-state index contributed by atoms with van der Waals surface area (Å²) in [4.78, 5) is 48.0. The highest BCUT2D eigenvalue weighted by Gasteiger charge is 2.54. The van der Waals surface area contributed by atoms with Crippen LogP contribution in [0.3, 0.4) is 0 Å². The Morgan fingerprint density at radius 1 is 1.38 bits per heavy atom. The Hall–Kier alpha value is -2.03. The first-order valence-electron chi connectivity index (χ1n) is 7.38. The number of fused-ring (bicyclic) bond motifs is 1. The van der Waals surface area contributed by atoms with Crippen molar-refractivity contribution in [3.05, 3.63) is 11.3 Å². The molecule has 9 heteroatoms. The van der Waals surface area contributed by atoms with E-state index in [1.807, 2.05) is 0 Å². The Morgan fingerprint density at radius 2 is 2.00 bits per heavy atom. The van der Waals surface area contributed by atoms with Gasteiger partial charge in [-0.15, -0.1) is 11.8 Å². The van der Waals surface area contributed by atoms with Crippen molar-refractivity contribution in [1.29, 1.82) is 0 Å². The topological polar surface area (TPSA) is 113 Å². The Kier molecular flexibility index (Phi) is 4.93. The number of thioether (sulfide) groups is 1. The number of β-lactam (4-membered cyclic amide) rings is 1. The summed E-state index contributed by atoms with van der Waals surface area (Å²) in [6, 6.07) is -0.744. The maximum Gasteiger partial charge on any atom is 0.352 e. The molecule has 0 radical (unpaired) electrons. The molecule has 0 spiro atoms. The highest BCUT2D eigenvalue weighted by atomic mass is 32.2. The van der Waals surface area contributed by atoms with Crippen molar-refractivity contribution >= 4 is 35.5 Å². The van der Waals surface area contributed by atoms with Crippen LogP contribution >= 0.6 is 11.8 Å². The molecular weight excluding hydrogens is 336 g/mol. The largest absolute Gasteiger partial charge is 0.477 e. The minimum atomic E-state index is -1.25. The molecule has 0 bridgehead atoms. The molecule has 0 aliphatic carbocycles. The third-order valence-electron chi connectivity index (χ3n) is 3.67. The molecule has 0 aromatic carbocycles. The number of aliphatic carboxylic acids is 1. The van der Waals surface area contributed by atoms with Gasteiger partial charge in [0.15, 0.2) is 0 Å². The van der Waals surface area contributed by atoms with Gasteiger partial charge in [0.05, 0.1) is 0 Å². The summed E-state index contributed by atoms with van der Waals surface area (Å²) in [5.41, 5.74) is -0.439. The first kappa shape index (κ1) is 18.3. The second kappa shape index (κ2) is 6.46. The average molecular weight is 356 g/mol. The molecule has 0 aromatic heterocycles. The van der Waals surface area contributed by atoms with Gasteiger partial charge in [0, 0.05) is 23.7 Å². The van der Waals surface area contributed by atoms with E-state index in [0.29, 0.717) is 11.3 Å². The van der Waals surface area contributed by atoms with Gasteiger partial charge in [-0.05, 0) is 0 Å². The lowest BCUT2D eigenvalue weighted by atomic mass is 9.94. The van der Waals surface area contributed by atoms with Gasteiger partial charge in [-0.3, -0.25) is 19.3 Å². The Labute approximate surface area is 143 Å². The Morgan fingerprint density at radius 3 is 2.50 bits per heavy atom. The number of carboxylic acid groups (broad SMARTS) is 1. The number of carboxylic acids is 1. The molecule has 2 rings (SSSR count). The third-order valence-corrected chi connectivity index (χ3v) is 5.01. The number of nitrogens with one attached hydrogen (secondary N) is 1. The molecule has 0 unspecified atom stereocenters. The summed E-state index contributed by atoms with van der Waals surface area (Å²) in [5.74, 6) is -2.21. The van der Waals surface area contributed by atoms with Gasteiger partial charge in [-0.2, -0.15) is 0 Å². The highest BCUT2D eigenvalue weighted by Crippen LogP contribution is 2.40. The van der Waals surface area contributed by atoms with Crippen molar-refractivity contribution in [2.24, 2.45) is 5.41 Å². The van der Waals surface area contributed by atoms with Crippen LogP contribution in [0.1, 0.15) is 27.7 Å². The number of nitrogens with zero attached hydrogens (tertiary/aromatic N) is 1. The molecule has 1 saturated heterocycles. The minimum Gasteiger partial charge on any atom is -0.477 e. The zero-order valence-electron chi connectivity index (χ0n) is 13.9. The second-order valence-electron chi connectivity index (χ2n) is 6.65. The van der Waals surface area contributed by atoms with Gasteiger partial charge in [-0.25, -0.2) is 4.79 Å². The monoisotopic (exact) mass is 356 g/mol. The zero-order chi connectivity index (χ0) is 18.2. The summed E-state index contributed by atoms with van der Waals surface area (Å²) in [7, 11) is 0. The van der Waals surface area contributed by atoms with Crippen LogP contribution in [0.5, 0.6) is 0 Å². The maximum atomic E-state index is 12.3. The van der Waals surface area contributed by atoms with Crippen molar-refractivity contribution < 1.29 is 29.0 Å². The smallest absolute Gasteiger partial charge is 0.352 e. The molecule has 8 nitrogen and oxygen atoms in total. The van der Waals surface area contributed by atoms with Crippen molar-refractivity contribution in [3.8, 4) is 0 Å². The van der Waals surface area contributed by atoms with Crippen LogP contribution in [0.2, 0.25) is 0 Å². The van der Waals surface area contributed by atoms with Crippen molar-refractivity contribution in [2.45, 2.75) is 39.1 Å². The summed E-state index contributed by atoms with van der Waals surface area (Å²) in [6.45, 7) is 6.26. The fourth-order valence-electron chi connectivity index (χ4n) is 2.34. The first-order valence-corrected chi connectivity index (χ1v) is 8.43. The molecule has 2 aliphatic rings. The van der Waals surface area contributed by atoms with Crippen LogP contribution in [-0.4, -0.2) is 57.5 Å². The molecule has 2 aliphatic heterocycles. The first-order chi connectivity index (χ1) is 11.0. The van der Waals surface area contributed by atoms with Crippen molar-refractivity contribution in [1.82, 2.24) is 10.2 Å². The predicted octanol–water partition coefficient (Wildman–Crippen LogP) is 0.334. The van der Waals surface area contributed by atoms with E-state index in [2.05, 4.69) is 5.32 Å². The molecule has 1 fully saturated rings. The lowest BCUT2D eigenvalue weighted by Crippen LogP contribution is -2.71. The fraction of sp³-hybridized carbons (Fsp3) is 0.600. The van der Waals surface area contributed by atoms with Gasteiger partial charge < -0.3 is 15.2 Å². The predicted molar refractivity (Wildman–Crippen MR) is 85.8 cm³/mol. The van der Waals surface area contributed by atoms with Gasteiger partial charge >= 0.3 is 11.9 Å². The number of carbonyl (C=O) groups excluding carboxylic acids is 3. The van der Waals surface area contributed by atoms with Gasteiger partial charge in [0.25, 0.3) is 5.91 Å². The summed E-state index contributed by atoms with van der Waals surface area (Å²) in [6.07, 6.45) is 0. The number of esters is 1. The van der Waals surface area contributed by atoms with E-state index in [0.717, 1.165) is 4.90 Å². The van der Waals surface area contributed by atoms with Crippen LogP contribution in [0.15, 0.2) is 11.3 Å². The fourth-order valence-corrected chi connectivity index (χ4v) is 3.67. The molecule has 0 saturated carbocycles. The number of hydrogen-bond donors (Lipinski definition) is 2. The normalized spacial score (nSPS) is 23.3. The molecule has 0 aromatic rings. The molecule has 24 heavy (non-hydrogen) atoms. The van der Waals surface area contributed by atoms with E-state index in [1.54, 1.807) is 20.8 Å². The number of amides is 2. The number of hydrogen-bond acceptors (Lipinski definition) is 6. The minimum absolute atomic E-state index is 0.161. The Bertz CT molecular complexity index is 636. The Balaban J connectivity index is 2.18. The molecule has 2 amide bonds. The van der Waals surface area contributed by atoms with Crippen LogP contribution in [-0.2, 0) is 23.9 Å². The average Bonchev–Trinajstić information content (AvgIpc) is 2.47. The highest BCUT2D eigenvalue weighted by molar-refractivity contribution is 8.00. The molecule has 2 atom stereocenters. The summed E-state index contributed by atoms with van der Waals surface area (Å²) >= 11 is 1.34. The van der Waals surface area contributed by atoms with Crippen molar-refractivity contribution in [3.63, 3.8) is 0 Å². The van der Waals surface area contributed by atoms with Gasteiger partial charge in [0.1, 0.15) is 23.7 Å². The molecular formula is C15H20N2O6S. The molecule has 2 heterocycles. The zero-order valence-corrected chi connectivity index (χ0v) is 14.7. The van der Waals surface area contributed by atoms with E-state index in [9.17, 15) is 24.3 Å². The lowest BCUT2D eigenvalue weighted by Gasteiger charge is -2.49. The van der Waals surface area contributed by atoms with Crippen LogP contribution in [0, 0.1) is 5.41 Å². The van der Waals surface area contributed by atoms with E-state index >= 15 is 0 Å². The summed E-state index contributed by atoms with van der Waals surface area (Å²) < 4.78 is 4.86. The molecule has 2 N–H and O–H groups in total. The third kappa shape index (κ3) is 3.40.